The minimum absolute atomic E-state index is 0.0464. The fourth-order valence-corrected chi connectivity index (χ4v) is 3.07. The standard InChI is InChI=1S/C17H26N2O2/c1-11-8-12(2)17(13(3)9-11)21-10-16(20)19-15-6-4-14(18)5-7-15/h8-9,14-15H,4-7,10,18H2,1-3H3,(H,19,20). The van der Waals surface area contributed by atoms with Crippen molar-refractivity contribution in [3.05, 3.63) is 28.8 Å². The van der Waals surface area contributed by atoms with Crippen LogP contribution in [0.15, 0.2) is 12.1 Å². The van der Waals surface area contributed by atoms with Crippen molar-refractivity contribution in [1.82, 2.24) is 5.32 Å². The molecule has 0 spiro atoms. The molecule has 21 heavy (non-hydrogen) atoms. The maximum absolute atomic E-state index is 12.0. The Bertz CT molecular complexity index is 483. The molecule has 0 aliphatic heterocycles. The van der Waals surface area contributed by atoms with Crippen LogP contribution in [0, 0.1) is 20.8 Å². The third-order valence-corrected chi connectivity index (χ3v) is 4.09. The van der Waals surface area contributed by atoms with Crippen LogP contribution >= 0.6 is 0 Å². The van der Waals surface area contributed by atoms with Gasteiger partial charge in [-0.25, -0.2) is 0 Å². The van der Waals surface area contributed by atoms with Crippen molar-refractivity contribution in [2.24, 2.45) is 5.73 Å². The number of ether oxygens (including phenoxy) is 1. The molecule has 116 valence electrons. The van der Waals surface area contributed by atoms with Gasteiger partial charge in [0, 0.05) is 12.1 Å². The number of aryl methyl sites for hydroxylation is 3. The molecule has 1 fully saturated rings. The van der Waals surface area contributed by atoms with Crippen molar-refractivity contribution in [3.63, 3.8) is 0 Å². The lowest BCUT2D eigenvalue weighted by molar-refractivity contribution is -0.124. The van der Waals surface area contributed by atoms with E-state index in [0.717, 1.165) is 42.6 Å². The first-order valence-electron chi connectivity index (χ1n) is 7.71. The summed E-state index contributed by atoms with van der Waals surface area (Å²) in [6.07, 6.45) is 3.91. The maximum atomic E-state index is 12.0. The molecule has 3 N–H and O–H groups in total. The number of hydrogen-bond donors (Lipinski definition) is 2. The smallest absolute Gasteiger partial charge is 0.258 e. The molecule has 0 bridgehead atoms. The molecule has 1 aliphatic carbocycles. The zero-order chi connectivity index (χ0) is 15.4. The van der Waals surface area contributed by atoms with Gasteiger partial charge in [-0.05, 0) is 57.6 Å². The molecule has 1 aromatic rings. The monoisotopic (exact) mass is 290 g/mol. The van der Waals surface area contributed by atoms with Crippen molar-refractivity contribution >= 4 is 5.91 Å². The number of rotatable bonds is 4. The Morgan fingerprint density at radius 2 is 1.76 bits per heavy atom. The molecule has 0 radical (unpaired) electrons. The average Bonchev–Trinajstić information content (AvgIpc) is 2.40. The number of benzene rings is 1. The molecule has 1 saturated carbocycles. The second-order valence-electron chi connectivity index (χ2n) is 6.20. The second-order valence-corrected chi connectivity index (χ2v) is 6.20. The van der Waals surface area contributed by atoms with E-state index in [1.54, 1.807) is 0 Å². The first kappa shape index (κ1) is 15.8. The minimum Gasteiger partial charge on any atom is -0.483 e. The van der Waals surface area contributed by atoms with Crippen LogP contribution in [0.25, 0.3) is 0 Å². The van der Waals surface area contributed by atoms with E-state index in [1.807, 2.05) is 13.8 Å². The maximum Gasteiger partial charge on any atom is 0.258 e. The molecule has 0 unspecified atom stereocenters. The molecule has 4 heteroatoms. The lowest BCUT2D eigenvalue weighted by Gasteiger charge is -2.26. The highest BCUT2D eigenvalue weighted by Crippen LogP contribution is 2.24. The Labute approximate surface area is 127 Å². The third-order valence-electron chi connectivity index (χ3n) is 4.09. The molecule has 4 nitrogen and oxygen atoms in total. The molecule has 1 amide bonds. The summed E-state index contributed by atoms with van der Waals surface area (Å²) >= 11 is 0. The van der Waals surface area contributed by atoms with E-state index >= 15 is 0 Å². The zero-order valence-corrected chi connectivity index (χ0v) is 13.2. The number of hydrogen-bond acceptors (Lipinski definition) is 3. The van der Waals surface area contributed by atoms with Crippen LogP contribution in [0.2, 0.25) is 0 Å². The summed E-state index contributed by atoms with van der Waals surface area (Å²) in [4.78, 5) is 12.0. The van der Waals surface area contributed by atoms with Gasteiger partial charge in [-0.3, -0.25) is 4.79 Å². The van der Waals surface area contributed by atoms with Crippen molar-refractivity contribution in [2.75, 3.05) is 6.61 Å². The second kappa shape index (κ2) is 6.94. The van der Waals surface area contributed by atoms with Crippen LogP contribution in [0.4, 0.5) is 0 Å². The Kier molecular flexibility index (Phi) is 5.23. The first-order valence-corrected chi connectivity index (χ1v) is 7.71. The number of amides is 1. The van der Waals surface area contributed by atoms with Crippen LogP contribution in [0.5, 0.6) is 5.75 Å². The SMILES string of the molecule is Cc1cc(C)c(OCC(=O)NC2CCC(N)CC2)c(C)c1. The molecule has 0 aromatic heterocycles. The van der Waals surface area contributed by atoms with E-state index in [-0.39, 0.29) is 18.6 Å². The van der Waals surface area contributed by atoms with E-state index in [0.29, 0.717) is 6.04 Å². The van der Waals surface area contributed by atoms with Crippen molar-refractivity contribution in [2.45, 2.75) is 58.5 Å². The topological polar surface area (TPSA) is 64.3 Å². The molecule has 0 saturated heterocycles. The third kappa shape index (κ3) is 4.46. The van der Waals surface area contributed by atoms with Crippen molar-refractivity contribution < 1.29 is 9.53 Å². The summed E-state index contributed by atoms with van der Waals surface area (Å²) in [5.41, 5.74) is 9.23. The predicted molar refractivity (Wildman–Crippen MR) is 84.5 cm³/mol. The van der Waals surface area contributed by atoms with Gasteiger partial charge in [0.25, 0.3) is 5.91 Å². The number of nitrogens with one attached hydrogen (secondary N) is 1. The van der Waals surface area contributed by atoms with E-state index in [9.17, 15) is 4.79 Å². The fourth-order valence-electron chi connectivity index (χ4n) is 3.07. The van der Waals surface area contributed by atoms with Gasteiger partial charge in [-0.15, -0.1) is 0 Å². The van der Waals surface area contributed by atoms with Crippen LogP contribution in [-0.2, 0) is 4.79 Å². The Balaban J connectivity index is 1.84. The first-order chi connectivity index (χ1) is 9.95. The lowest BCUT2D eigenvalue weighted by atomic mass is 9.92. The summed E-state index contributed by atoms with van der Waals surface area (Å²) in [5.74, 6) is 0.774. The molecular formula is C17H26N2O2. The van der Waals surface area contributed by atoms with Gasteiger partial charge in [-0.1, -0.05) is 17.7 Å². The highest BCUT2D eigenvalue weighted by Gasteiger charge is 2.20. The highest BCUT2D eigenvalue weighted by atomic mass is 16.5. The van der Waals surface area contributed by atoms with Gasteiger partial charge < -0.3 is 15.8 Å². The van der Waals surface area contributed by atoms with Crippen molar-refractivity contribution in [1.29, 1.82) is 0 Å². The average molecular weight is 290 g/mol. The molecule has 0 heterocycles. The molecule has 0 atom stereocenters. The summed E-state index contributed by atoms with van der Waals surface area (Å²) in [5, 5.41) is 3.04. The van der Waals surface area contributed by atoms with Crippen molar-refractivity contribution in [3.8, 4) is 5.75 Å². The minimum atomic E-state index is -0.0464. The molecule has 1 aromatic carbocycles. The predicted octanol–water partition coefficient (Wildman–Crippen LogP) is 2.38. The van der Waals surface area contributed by atoms with Gasteiger partial charge in [0.2, 0.25) is 0 Å². The Morgan fingerprint density at radius 3 is 2.33 bits per heavy atom. The van der Waals surface area contributed by atoms with Crippen LogP contribution < -0.4 is 15.8 Å². The van der Waals surface area contributed by atoms with Gasteiger partial charge in [0.15, 0.2) is 6.61 Å². The van der Waals surface area contributed by atoms with E-state index in [2.05, 4.69) is 24.4 Å². The number of carbonyl (C=O) groups excluding carboxylic acids is 1. The molecule has 2 rings (SSSR count). The van der Waals surface area contributed by atoms with Crippen LogP contribution in [0.1, 0.15) is 42.4 Å². The summed E-state index contributed by atoms with van der Waals surface area (Å²) in [7, 11) is 0. The Morgan fingerprint density at radius 1 is 1.19 bits per heavy atom. The van der Waals surface area contributed by atoms with Gasteiger partial charge >= 0.3 is 0 Å². The van der Waals surface area contributed by atoms with Gasteiger partial charge in [0.05, 0.1) is 0 Å². The highest BCUT2D eigenvalue weighted by molar-refractivity contribution is 5.78. The van der Waals surface area contributed by atoms with E-state index < -0.39 is 0 Å². The fraction of sp³-hybridized carbons (Fsp3) is 0.588. The summed E-state index contributed by atoms with van der Waals surface area (Å²) < 4.78 is 5.71. The zero-order valence-electron chi connectivity index (χ0n) is 13.2. The normalized spacial score (nSPS) is 21.9. The molecular weight excluding hydrogens is 264 g/mol. The van der Waals surface area contributed by atoms with Gasteiger partial charge in [0.1, 0.15) is 5.75 Å². The molecule has 1 aliphatic rings. The van der Waals surface area contributed by atoms with E-state index in [4.69, 9.17) is 10.5 Å². The largest absolute Gasteiger partial charge is 0.483 e. The summed E-state index contributed by atoms with van der Waals surface area (Å²) in [6.45, 7) is 6.16. The number of nitrogens with two attached hydrogens (primary N) is 1. The van der Waals surface area contributed by atoms with E-state index in [1.165, 1.54) is 5.56 Å². The van der Waals surface area contributed by atoms with Gasteiger partial charge in [-0.2, -0.15) is 0 Å². The van der Waals surface area contributed by atoms with Crippen LogP contribution in [0.3, 0.4) is 0 Å². The number of carbonyl (C=O) groups is 1. The lowest BCUT2D eigenvalue weighted by Crippen LogP contribution is -2.42. The van der Waals surface area contributed by atoms with Crippen LogP contribution in [-0.4, -0.2) is 24.6 Å². The summed E-state index contributed by atoms with van der Waals surface area (Å²) in [6, 6.07) is 4.69. The Hall–Kier alpha value is -1.55. The quantitative estimate of drug-likeness (QED) is 0.895.